The van der Waals surface area contributed by atoms with E-state index in [1.165, 1.54) is 12.1 Å². The lowest BCUT2D eigenvalue weighted by Gasteiger charge is -2.06. The molecule has 1 rings (SSSR count). The Bertz CT molecular complexity index is 562. The Labute approximate surface area is 117 Å². The number of nitrogens with one attached hydrogen (secondary N) is 1. The molecular weight excluding hydrogens is 282 g/mol. The van der Waals surface area contributed by atoms with Gasteiger partial charge < -0.3 is 5.32 Å². The minimum Gasteiger partial charge on any atom is -0.322 e. The number of hydrogen-bond acceptors (Lipinski definition) is 4. The summed E-state index contributed by atoms with van der Waals surface area (Å²) in [6.07, 6.45) is 0.802. The average Bonchev–Trinajstić information content (AvgIpc) is 2.37. The Morgan fingerprint density at radius 3 is 2.37 bits per heavy atom. The molecule has 1 aromatic rings. The lowest BCUT2D eigenvalue weighted by Crippen LogP contribution is -2.11. The molecule has 1 aromatic carbocycles. The van der Waals surface area contributed by atoms with Gasteiger partial charge in [-0.05, 0) is 48.4 Å². The van der Waals surface area contributed by atoms with Crippen LogP contribution in [-0.4, -0.2) is 20.1 Å². The lowest BCUT2D eigenvalue weighted by molar-refractivity contribution is -0.112. The summed E-state index contributed by atoms with van der Waals surface area (Å²) in [6, 6.07) is 6.12. The second-order valence-corrected chi connectivity index (χ2v) is 8.08. The molecule has 1 amide bonds. The van der Waals surface area contributed by atoms with Crippen molar-refractivity contribution in [2.75, 3.05) is 11.1 Å². The fraction of sp³-hybridized carbons (Fsp3) is 0.308. The fourth-order valence-electron chi connectivity index (χ4n) is 1.20. The van der Waals surface area contributed by atoms with E-state index in [0.29, 0.717) is 17.0 Å². The molecule has 4 nitrogen and oxygen atoms in total. The van der Waals surface area contributed by atoms with Gasteiger partial charge in [0.15, 0.2) is 0 Å². The quantitative estimate of drug-likeness (QED) is 0.648. The highest BCUT2D eigenvalue weighted by Crippen LogP contribution is 2.25. The molecule has 0 saturated carbocycles. The maximum Gasteiger partial charge on any atom is 0.250 e. The van der Waals surface area contributed by atoms with Crippen LogP contribution >= 0.6 is 10.8 Å². The SMILES string of the molecule is C=C(C)C(=O)Nc1ccc(S(=O)(=O)SCCC)cc1. The Hall–Kier alpha value is -1.27. The van der Waals surface area contributed by atoms with E-state index in [1.807, 2.05) is 6.92 Å². The Morgan fingerprint density at radius 2 is 1.89 bits per heavy atom. The van der Waals surface area contributed by atoms with Crippen LogP contribution in [0.1, 0.15) is 20.3 Å². The van der Waals surface area contributed by atoms with Crippen LogP contribution in [0.2, 0.25) is 0 Å². The fourth-order valence-corrected chi connectivity index (χ4v) is 4.10. The van der Waals surface area contributed by atoms with Crippen molar-refractivity contribution in [2.24, 2.45) is 0 Å². The molecule has 0 bridgehead atoms. The van der Waals surface area contributed by atoms with Gasteiger partial charge in [0.2, 0.25) is 8.87 Å². The molecule has 0 fully saturated rings. The highest BCUT2D eigenvalue weighted by Gasteiger charge is 2.14. The molecule has 0 aromatic heterocycles. The monoisotopic (exact) mass is 299 g/mol. The number of carbonyl (C=O) groups excluding carboxylic acids is 1. The summed E-state index contributed by atoms with van der Waals surface area (Å²) in [5.74, 6) is 0.284. The van der Waals surface area contributed by atoms with Gasteiger partial charge in [0, 0.05) is 17.0 Å². The zero-order chi connectivity index (χ0) is 14.5. The molecule has 1 N–H and O–H groups in total. The van der Waals surface area contributed by atoms with Crippen LogP contribution in [-0.2, 0) is 13.7 Å². The minimum absolute atomic E-state index is 0.249. The summed E-state index contributed by atoms with van der Waals surface area (Å²) in [4.78, 5) is 11.7. The van der Waals surface area contributed by atoms with Gasteiger partial charge in [0.05, 0.1) is 4.90 Å². The van der Waals surface area contributed by atoms with Crippen LogP contribution in [0, 0.1) is 0 Å². The van der Waals surface area contributed by atoms with Gasteiger partial charge in [-0.2, -0.15) is 0 Å². The van der Waals surface area contributed by atoms with Crippen molar-refractivity contribution in [3.63, 3.8) is 0 Å². The van der Waals surface area contributed by atoms with Crippen LogP contribution in [0.3, 0.4) is 0 Å². The predicted molar refractivity (Wildman–Crippen MR) is 79.8 cm³/mol. The first-order valence-corrected chi connectivity index (χ1v) is 8.81. The van der Waals surface area contributed by atoms with Crippen LogP contribution in [0.4, 0.5) is 5.69 Å². The van der Waals surface area contributed by atoms with Crippen molar-refractivity contribution in [3.8, 4) is 0 Å². The lowest BCUT2D eigenvalue weighted by atomic mass is 10.3. The molecule has 0 aliphatic rings. The average molecular weight is 299 g/mol. The molecule has 0 unspecified atom stereocenters. The van der Waals surface area contributed by atoms with Gasteiger partial charge in [-0.25, -0.2) is 8.42 Å². The van der Waals surface area contributed by atoms with Crippen molar-refractivity contribution in [1.82, 2.24) is 0 Å². The zero-order valence-electron chi connectivity index (χ0n) is 11.0. The first-order valence-electron chi connectivity index (χ1n) is 5.83. The standard InChI is InChI=1S/C13H17NO3S2/c1-4-9-18-19(16,17)12-7-5-11(6-8-12)14-13(15)10(2)3/h5-8H,2,4,9H2,1,3H3,(H,14,15). The molecular formula is C13H17NO3S2. The number of carbonyl (C=O) groups is 1. The normalized spacial score (nSPS) is 11.1. The van der Waals surface area contributed by atoms with E-state index >= 15 is 0 Å². The molecule has 19 heavy (non-hydrogen) atoms. The second-order valence-electron chi connectivity index (χ2n) is 4.03. The molecule has 0 heterocycles. The van der Waals surface area contributed by atoms with E-state index in [-0.39, 0.29) is 10.8 Å². The smallest absolute Gasteiger partial charge is 0.250 e. The number of rotatable bonds is 6. The minimum atomic E-state index is -3.30. The van der Waals surface area contributed by atoms with Gasteiger partial charge in [-0.3, -0.25) is 4.79 Å². The maximum absolute atomic E-state index is 11.9. The Morgan fingerprint density at radius 1 is 1.32 bits per heavy atom. The number of amides is 1. The summed E-state index contributed by atoms with van der Waals surface area (Å²) in [6.45, 7) is 7.07. The number of benzene rings is 1. The van der Waals surface area contributed by atoms with Gasteiger partial charge in [-0.1, -0.05) is 13.5 Å². The van der Waals surface area contributed by atoms with Gasteiger partial charge in [0.25, 0.3) is 5.91 Å². The maximum atomic E-state index is 11.9. The molecule has 6 heteroatoms. The van der Waals surface area contributed by atoms with Crippen molar-refractivity contribution in [3.05, 3.63) is 36.4 Å². The first kappa shape index (κ1) is 15.8. The summed E-state index contributed by atoms with van der Waals surface area (Å²) in [5, 5.41) is 2.62. The molecule has 104 valence electrons. The third-order valence-electron chi connectivity index (χ3n) is 2.23. The highest BCUT2D eigenvalue weighted by molar-refractivity contribution is 8.72. The second kappa shape index (κ2) is 6.77. The van der Waals surface area contributed by atoms with Gasteiger partial charge in [-0.15, -0.1) is 0 Å². The molecule has 0 saturated heterocycles. The summed E-state index contributed by atoms with van der Waals surface area (Å²) < 4.78 is 23.8. The van der Waals surface area contributed by atoms with Crippen molar-refractivity contribution < 1.29 is 13.2 Å². The van der Waals surface area contributed by atoms with E-state index < -0.39 is 8.87 Å². The zero-order valence-corrected chi connectivity index (χ0v) is 12.6. The Kier molecular flexibility index (Phi) is 5.62. The third kappa shape index (κ3) is 4.72. The van der Waals surface area contributed by atoms with Crippen molar-refractivity contribution in [2.45, 2.75) is 25.2 Å². The summed E-state index contributed by atoms with van der Waals surface area (Å²) in [5.41, 5.74) is 0.947. The first-order chi connectivity index (χ1) is 8.86. The van der Waals surface area contributed by atoms with Crippen LogP contribution in [0.5, 0.6) is 0 Å². The van der Waals surface area contributed by atoms with E-state index in [1.54, 1.807) is 19.1 Å². The van der Waals surface area contributed by atoms with Crippen molar-refractivity contribution in [1.29, 1.82) is 0 Å². The number of hydrogen-bond donors (Lipinski definition) is 1. The van der Waals surface area contributed by atoms with Gasteiger partial charge in [0.1, 0.15) is 0 Å². The van der Waals surface area contributed by atoms with E-state index in [0.717, 1.165) is 17.2 Å². The topological polar surface area (TPSA) is 63.2 Å². The van der Waals surface area contributed by atoms with Crippen LogP contribution in [0.25, 0.3) is 0 Å². The summed E-state index contributed by atoms with van der Waals surface area (Å²) in [7, 11) is -2.37. The molecule has 0 radical (unpaired) electrons. The van der Waals surface area contributed by atoms with E-state index in [2.05, 4.69) is 11.9 Å². The largest absolute Gasteiger partial charge is 0.322 e. The summed E-state index contributed by atoms with van der Waals surface area (Å²) >= 11 is 0. The molecule has 0 spiro atoms. The van der Waals surface area contributed by atoms with Gasteiger partial charge >= 0.3 is 0 Å². The molecule has 0 aliphatic carbocycles. The van der Waals surface area contributed by atoms with E-state index in [4.69, 9.17) is 0 Å². The third-order valence-corrected chi connectivity index (χ3v) is 5.97. The Balaban J connectivity index is 2.82. The van der Waals surface area contributed by atoms with Crippen molar-refractivity contribution >= 4 is 31.3 Å². The van der Waals surface area contributed by atoms with Crippen LogP contribution in [0.15, 0.2) is 41.3 Å². The highest BCUT2D eigenvalue weighted by atomic mass is 33.1. The molecule has 0 atom stereocenters. The van der Waals surface area contributed by atoms with E-state index in [9.17, 15) is 13.2 Å². The molecule has 0 aliphatic heterocycles. The number of anilines is 1. The van der Waals surface area contributed by atoms with Crippen LogP contribution < -0.4 is 5.32 Å². The predicted octanol–water partition coefficient (Wildman–Crippen LogP) is 3.03.